The van der Waals surface area contributed by atoms with Crippen LogP contribution in [0, 0.1) is 32.1 Å². The number of hydrogen-bond donors (Lipinski definition) is 1. The van der Waals surface area contributed by atoms with Gasteiger partial charge in [-0.25, -0.2) is 4.98 Å². The van der Waals surface area contributed by atoms with Crippen molar-refractivity contribution in [2.24, 2.45) is 0 Å². The lowest BCUT2D eigenvalue weighted by atomic mass is 9.99. The van der Waals surface area contributed by atoms with E-state index in [1.54, 1.807) is 7.11 Å². The number of pyridine rings is 1. The summed E-state index contributed by atoms with van der Waals surface area (Å²) in [5.74, 6) is 0.590. The predicted molar refractivity (Wildman–Crippen MR) is 151 cm³/mol. The maximum Gasteiger partial charge on any atom is 0.237 e. The number of nitrogens with zero attached hydrogens (tertiary/aromatic N) is 2. The van der Waals surface area contributed by atoms with Crippen molar-refractivity contribution in [3.8, 4) is 34.2 Å². The molecular weight excluding hydrogens is 478 g/mol. The van der Waals surface area contributed by atoms with Gasteiger partial charge >= 0.3 is 0 Å². The van der Waals surface area contributed by atoms with Crippen LogP contribution in [-0.2, 0) is 4.79 Å². The van der Waals surface area contributed by atoms with Crippen LogP contribution in [0.1, 0.15) is 29.2 Å². The average molecular weight is 508 g/mol. The Morgan fingerprint density at radius 3 is 2.24 bits per heavy atom. The summed E-state index contributed by atoms with van der Waals surface area (Å²) in [4.78, 5) is 17.9. The molecule has 1 aromatic heterocycles. The van der Waals surface area contributed by atoms with Gasteiger partial charge in [0.05, 0.1) is 23.6 Å². The summed E-state index contributed by atoms with van der Waals surface area (Å²) in [6.07, 6.45) is 0. The smallest absolute Gasteiger partial charge is 0.237 e. The summed E-state index contributed by atoms with van der Waals surface area (Å²) in [6.45, 7) is 7.92. The van der Waals surface area contributed by atoms with Gasteiger partial charge in [0.25, 0.3) is 0 Å². The average Bonchev–Trinajstić information content (AvgIpc) is 2.90. The molecule has 0 aliphatic rings. The molecule has 0 aliphatic heterocycles. The number of aryl methyl sites for hydroxylation is 3. The van der Waals surface area contributed by atoms with E-state index >= 15 is 0 Å². The van der Waals surface area contributed by atoms with Crippen LogP contribution in [0.4, 0.5) is 5.69 Å². The maximum absolute atomic E-state index is 13.1. The number of carbonyl (C=O) groups excluding carboxylic acids is 1. The number of benzene rings is 3. The molecule has 0 saturated carbocycles. The first kappa shape index (κ1) is 26.0. The highest BCUT2D eigenvalue weighted by Gasteiger charge is 2.22. The van der Waals surface area contributed by atoms with Gasteiger partial charge in [-0.05, 0) is 74.7 Å². The number of ether oxygens (including phenoxy) is 1. The summed E-state index contributed by atoms with van der Waals surface area (Å²) in [5, 5.41) is 13.2. The molecule has 0 aliphatic carbocycles. The zero-order valence-electron chi connectivity index (χ0n) is 21.6. The molecule has 37 heavy (non-hydrogen) atoms. The minimum Gasteiger partial charge on any atom is -0.497 e. The Balaban J connectivity index is 1.73. The number of anilines is 1. The summed E-state index contributed by atoms with van der Waals surface area (Å²) >= 11 is 1.29. The molecule has 0 spiro atoms. The van der Waals surface area contributed by atoms with Gasteiger partial charge in [0.15, 0.2) is 0 Å². The second-order valence-corrected chi connectivity index (χ2v) is 10.3. The van der Waals surface area contributed by atoms with Crippen LogP contribution < -0.4 is 10.1 Å². The second kappa shape index (κ2) is 11.3. The Bertz CT molecular complexity index is 1470. The molecule has 5 nitrogen and oxygen atoms in total. The first-order valence-electron chi connectivity index (χ1n) is 12.0. The van der Waals surface area contributed by atoms with Gasteiger partial charge in [-0.3, -0.25) is 4.79 Å². The lowest BCUT2D eigenvalue weighted by Gasteiger charge is -2.16. The number of rotatable bonds is 7. The van der Waals surface area contributed by atoms with Crippen molar-refractivity contribution in [3.63, 3.8) is 0 Å². The topological polar surface area (TPSA) is 75.0 Å². The zero-order valence-corrected chi connectivity index (χ0v) is 22.4. The Morgan fingerprint density at radius 1 is 0.946 bits per heavy atom. The molecule has 186 valence electrons. The molecule has 1 heterocycles. The summed E-state index contributed by atoms with van der Waals surface area (Å²) in [5.41, 5.74) is 7.95. The molecular formula is C31H29N3O2S. The molecule has 0 bridgehead atoms. The highest BCUT2D eigenvalue weighted by Crippen LogP contribution is 2.36. The first-order chi connectivity index (χ1) is 17.8. The van der Waals surface area contributed by atoms with Gasteiger partial charge in [0.2, 0.25) is 5.91 Å². The van der Waals surface area contributed by atoms with Gasteiger partial charge in [0, 0.05) is 16.8 Å². The molecule has 1 amide bonds. The molecule has 0 unspecified atom stereocenters. The lowest BCUT2D eigenvalue weighted by molar-refractivity contribution is -0.115. The quantitative estimate of drug-likeness (QED) is 0.265. The minimum atomic E-state index is -0.474. The second-order valence-electron chi connectivity index (χ2n) is 8.99. The van der Waals surface area contributed by atoms with Crippen molar-refractivity contribution in [3.05, 3.63) is 95.1 Å². The summed E-state index contributed by atoms with van der Waals surface area (Å²) in [7, 11) is 1.62. The van der Waals surface area contributed by atoms with Crippen molar-refractivity contribution in [2.75, 3.05) is 12.4 Å². The monoisotopic (exact) mass is 507 g/mol. The highest BCUT2D eigenvalue weighted by molar-refractivity contribution is 8.00. The van der Waals surface area contributed by atoms with Gasteiger partial charge in [0.1, 0.15) is 16.8 Å². The number of amides is 1. The third-order valence-electron chi connectivity index (χ3n) is 6.28. The Morgan fingerprint density at radius 2 is 1.62 bits per heavy atom. The number of methoxy groups -OCH3 is 1. The number of aromatic nitrogens is 1. The van der Waals surface area contributed by atoms with Crippen molar-refractivity contribution in [2.45, 2.75) is 38.0 Å². The minimum absolute atomic E-state index is 0.148. The van der Waals surface area contributed by atoms with Gasteiger partial charge in [-0.15, -0.1) is 0 Å². The van der Waals surface area contributed by atoms with E-state index in [1.807, 2.05) is 100 Å². The van der Waals surface area contributed by atoms with Gasteiger partial charge < -0.3 is 10.1 Å². The number of nitriles is 1. The largest absolute Gasteiger partial charge is 0.497 e. The molecule has 6 heteroatoms. The number of thioether (sulfide) groups is 1. The van der Waals surface area contributed by atoms with Crippen LogP contribution in [0.25, 0.3) is 22.4 Å². The molecule has 0 saturated heterocycles. The molecule has 4 rings (SSSR count). The van der Waals surface area contributed by atoms with E-state index in [0.717, 1.165) is 44.9 Å². The third-order valence-corrected chi connectivity index (χ3v) is 7.36. The Hall–Kier alpha value is -4.08. The van der Waals surface area contributed by atoms with Crippen LogP contribution in [0.3, 0.4) is 0 Å². The molecule has 0 fully saturated rings. The third kappa shape index (κ3) is 6.02. The van der Waals surface area contributed by atoms with Crippen molar-refractivity contribution in [1.82, 2.24) is 4.98 Å². The molecule has 4 aromatic rings. The van der Waals surface area contributed by atoms with Crippen molar-refractivity contribution < 1.29 is 9.53 Å². The van der Waals surface area contributed by atoms with Crippen LogP contribution >= 0.6 is 11.8 Å². The predicted octanol–water partition coefficient (Wildman–Crippen LogP) is 7.34. The van der Waals surface area contributed by atoms with E-state index < -0.39 is 5.25 Å². The van der Waals surface area contributed by atoms with Crippen LogP contribution in [0.2, 0.25) is 0 Å². The summed E-state index contributed by atoms with van der Waals surface area (Å²) < 4.78 is 5.31. The van der Waals surface area contributed by atoms with E-state index in [4.69, 9.17) is 9.72 Å². The Labute approximate surface area is 222 Å². The fourth-order valence-electron chi connectivity index (χ4n) is 3.87. The highest BCUT2D eigenvalue weighted by atomic mass is 32.2. The van der Waals surface area contributed by atoms with Crippen LogP contribution in [-0.4, -0.2) is 23.3 Å². The first-order valence-corrected chi connectivity index (χ1v) is 12.9. The SMILES string of the molecule is COc1ccc(-c2cc(-c3ccc(C)cc3)nc(S[C@H](C)C(=O)Nc3ccc(C)c(C)c3)c2C#N)cc1. The normalized spacial score (nSPS) is 11.5. The standard InChI is InChI=1S/C31H29N3O2S/c1-19-6-9-24(10-7-19)29-17-27(23-11-14-26(36-5)15-12-23)28(18-32)31(34-29)37-22(4)30(35)33-25-13-8-20(2)21(3)16-25/h6-17,22H,1-5H3,(H,33,35)/t22-/m1/s1. The number of hydrogen-bond acceptors (Lipinski definition) is 5. The van der Waals surface area contributed by atoms with E-state index in [-0.39, 0.29) is 5.91 Å². The molecule has 0 radical (unpaired) electrons. The number of carbonyl (C=O) groups is 1. The zero-order chi connectivity index (χ0) is 26.5. The van der Waals surface area contributed by atoms with E-state index in [0.29, 0.717) is 10.6 Å². The van der Waals surface area contributed by atoms with Crippen LogP contribution in [0.15, 0.2) is 77.8 Å². The molecule has 1 atom stereocenters. The van der Waals surface area contributed by atoms with Gasteiger partial charge in [-0.2, -0.15) is 5.26 Å². The van der Waals surface area contributed by atoms with Crippen molar-refractivity contribution in [1.29, 1.82) is 5.26 Å². The lowest BCUT2D eigenvalue weighted by Crippen LogP contribution is -2.22. The number of nitrogens with one attached hydrogen (secondary N) is 1. The maximum atomic E-state index is 13.1. The van der Waals surface area contributed by atoms with Gasteiger partial charge in [-0.1, -0.05) is 59.8 Å². The van der Waals surface area contributed by atoms with Crippen LogP contribution in [0.5, 0.6) is 5.75 Å². The van der Waals surface area contributed by atoms with Crippen molar-refractivity contribution >= 4 is 23.4 Å². The summed E-state index contributed by atoms with van der Waals surface area (Å²) in [6, 6.07) is 25.8. The molecule has 1 N–H and O–H groups in total. The van der Waals surface area contributed by atoms with E-state index in [2.05, 4.69) is 11.4 Å². The fraction of sp³-hybridized carbons (Fsp3) is 0.194. The van der Waals surface area contributed by atoms with E-state index in [9.17, 15) is 10.1 Å². The Kier molecular flexibility index (Phi) is 7.95. The van der Waals surface area contributed by atoms with E-state index in [1.165, 1.54) is 17.3 Å². The molecule has 3 aromatic carbocycles. The fourth-order valence-corrected chi connectivity index (χ4v) is 4.79.